The number of carbonyl (C=O) groups excluding carboxylic acids is 1. The van der Waals surface area contributed by atoms with Gasteiger partial charge < -0.3 is 25.3 Å². The molecular weight excluding hydrogens is 298 g/mol. The first-order valence-electron chi connectivity index (χ1n) is 7.78. The normalized spacial score (nSPS) is 15.3. The highest BCUT2D eigenvalue weighted by atomic mass is 16.5. The van der Waals surface area contributed by atoms with E-state index in [4.69, 9.17) is 19.9 Å². The van der Waals surface area contributed by atoms with Crippen LogP contribution in [0.25, 0.3) is 0 Å². The quantitative estimate of drug-likeness (QED) is 0.621. The van der Waals surface area contributed by atoms with Gasteiger partial charge in [0.2, 0.25) is 0 Å². The molecule has 3 N–H and O–H groups in total. The highest BCUT2D eigenvalue weighted by Gasteiger charge is 2.10. The van der Waals surface area contributed by atoms with Gasteiger partial charge in [-0.15, -0.1) is 0 Å². The first-order chi connectivity index (χ1) is 11.2. The van der Waals surface area contributed by atoms with Crippen LogP contribution >= 0.6 is 0 Å². The molecule has 2 rings (SSSR count). The zero-order valence-electron chi connectivity index (χ0n) is 13.5. The number of morpholine rings is 1. The summed E-state index contributed by atoms with van der Waals surface area (Å²) in [5.41, 5.74) is 6.17. The molecule has 0 spiro atoms. The predicted octanol–water partition coefficient (Wildman–Crippen LogP) is -0.0189. The lowest BCUT2D eigenvalue weighted by molar-refractivity contribution is -0.119. The van der Waals surface area contributed by atoms with Gasteiger partial charge in [0.25, 0.3) is 5.91 Å². The van der Waals surface area contributed by atoms with Crippen molar-refractivity contribution in [2.24, 2.45) is 5.73 Å². The fourth-order valence-corrected chi connectivity index (χ4v) is 2.38. The zero-order valence-corrected chi connectivity index (χ0v) is 13.5. The third-order valence-electron chi connectivity index (χ3n) is 3.64. The highest BCUT2D eigenvalue weighted by Crippen LogP contribution is 2.27. The number of nitrogens with one attached hydrogen (secondary N) is 1. The molecule has 23 heavy (non-hydrogen) atoms. The van der Waals surface area contributed by atoms with Gasteiger partial charge in [0.15, 0.2) is 18.1 Å². The summed E-state index contributed by atoms with van der Waals surface area (Å²) in [5.74, 6) is 0.600. The lowest BCUT2D eigenvalue weighted by Crippen LogP contribution is -2.40. The first-order valence-corrected chi connectivity index (χ1v) is 7.78. The topological polar surface area (TPSA) is 86.1 Å². The van der Waals surface area contributed by atoms with Gasteiger partial charge in [0.05, 0.1) is 20.3 Å². The van der Waals surface area contributed by atoms with Gasteiger partial charge >= 0.3 is 0 Å². The van der Waals surface area contributed by atoms with Crippen LogP contribution in [0.2, 0.25) is 0 Å². The lowest BCUT2D eigenvalue weighted by Gasteiger charge is -2.26. The van der Waals surface area contributed by atoms with Crippen molar-refractivity contribution in [3.05, 3.63) is 23.8 Å². The lowest BCUT2D eigenvalue weighted by atomic mass is 10.2. The molecule has 7 nitrogen and oxygen atoms in total. The Balaban J connectivity index is 1.77. The summed E-state index contributed by atoms with van der Waals surface area (Å²) in [7, 11) is 1.57. The van der Waals surface area contributed by atoms with Gasteiger partial charge in [0.1, 0.15) is 0 Å². The van der Waals surface area contributed by atoms with E-state index in [1.54, 1.807) is 13.2 Å². The standard InChI is InChI=1S/C16H25N3O4/c1-21-15-10-13(2-3-14(15)23-12-16(17)20)11-18-4-5-19-6-8-22-9-7-19/h2-3,10,18H,4-9,11-12H2,1H3,(H2,17,20). The van der Waals surface area contributed by atoms with Crippen LogP contribution in [0.3, 0.4) is 0 Å². The molecule has 0 radical (unpaired) electrons. The number of benzene rings is 1. The number of carbonyl (C=O) groups is 1. The Morgan fingerprint density at radius 1 is 1.35 bits per heavy atom. The first kappa shape index (κ1) is 17.5. The Morgan fingerprint density at radius 2 is 2.13 bits per heavy atom. The van der Waals surface area contributed by atoms with Crippen molar-refractivity contribution >= 4 is 5.91 Å². The monoisotopic (exact) mass is 323 g/mol. The van der Waals surface area contributed by atoms with Crippen molar-refractivity contribution in [3.63, 3.8) is 0 Å². The number of rotatable bonds is 9. The Labute approximate surface area is 136 Å². The van der Waals surface area contributed by atoms with Gasteiger partial charge in [-0.1, -0.05) is 6.07 Å². The summed E-state index contributed by atoms with van der Waals surface area (Å²) >= 11 is 0. The van der Waals surface area contributed by atoms with Crippen LogP contribution in [0, 0.1) is 0 Å². The molecule has 7 heteroatoms. The molecule has 1 aliphatic rings. The average Bonchev–Trinajstić information content (AvgIpc) is 2.58. The van der Waals surface area contributed by atoms with Crippen LogP contribution in [-0.4, -0.2) is 63.9 Å². The molecule has 0 bridgehead atoms. The number of methoxy groups -OCH3 is 1. The number of primary amides is 1. The van der Waals surface area contributed by atoms with Crippen molar-refractivity contribution in [2.45, 2.75) is 6.54 Å². The second kappa shape index (κ2) is 9.34. The summed E-state index contributed by atoms with van der Waals surface area (Å²) in [6.07, 6.45) is 0. The summed E-state index contributed by atoms with van der Waals surface area (Å²) in [6.45, 7) is 6.17. The molecule has 0 unspecified atom stereocenters. The van der Waals surface area contributed by atoms with Crippen LogP contribution < -0.4 is 20.5 Å². The maximum atomic E-state index is 10.8. The van der Waals surface area contributed by atoms with Crippen molar-refractivity contribution in [3.8, 4) is 11.5 Å². The third-order valence-corrected chi connectivity index (χ3v) is 3.64. The minimum absolute atomic E-state index is 0.159. The molecule has 128 valence electrons. The molecule has 1 saturated heterocycles. The van der Waals surface area contributed by atoms with Crippen LogP contribution in [0.4, 0.5) is 0 Å². The van der Waals surface area contributed by atoms with Crippen LogP contribution in [0.15, 0.2) is 18.2 Å². The Hall–Kier alpha value is -1.83. The number of nitrogens with zero attached hydrogens (tertiary/aromatic N) is 1. The molecule has 1 amide bonds. The molecule has 0 saturated carbocycles. The fraction of sp³-hybridized carbons (Fsp3) is 0.562. The van der Waals surface area contributed by atoms with Gasteiger partial charge in [-0.05, 0) is 17.7 Å². The molecule has 1 aliphatic heterocycles. The van der Waals surface area contributed by atoms with E-state index in [-0.39, 0.29) is 6.61 Å². The molecule has 0 aromatic heterocycles. The number of ether oxygens (including phenoxy) is 3. The van der Waals surface area contributed by atoms with E-state index >= 15 is 0 Å². The molecule has 1 aromatic rings. The second-order valence-electron chi connectivity index (χ2n) is 5.37. The maximum Gasteiger partial charge on any atom is 0.255 e. The van der Waals surface area contributed by atoms with Gasteiger partial charge in [-0.25, -0.2) is 0 Å². The summed E-state index contributed by atoms with van der Waals surface area (Å²) in [6, 6.07) is 5.64. The maximum absolute atomic E-state index is 10.8. The molecule has 1 fully saturated rings. The second-order valence-corrected chi connectivity index (χ2v) is 5.37. The van der Waals surface area contributed by atoms with E-state index in [0.717, 1.165) is 51.5 Å². The Morgan fingerprint density at radius 3 is 2.83 bits per heavy atom. The molecule has 1 heterocycles. The van der Waals surface area contributed by atoms with Gasteiger partial charge in [0, 0.05) is 32.7 Å². The molecule has 0 aliphatic carbocycles. The Kier molecular flexibility index (Phi) is 7.12. The van der Waals surface area contributed by atoms with Crippen molar-refractivity contribution in [1.29, 1.82) is 0 Å². The summed E-state index contributed by atoms with van der Waals surface area (Å²) < 4.78 is 15.9. The zero-order chi connectivity index (χ0) is 16.5. The van der Waals surface area contributed by atoms with Gasteiger partial charge in [-0.2, -0.15) is 0 Å². The van der Waals surface area contributed by atoms with Gasteiger partial charge in [-0.3, -0.25) is 9.69 Å². The van der Waals surface area contributed by atoms with Crippen molar-refractivity contribution < 1.29 is 19.0 Å². The Bertz CT molecular complexity index is 504. The van der Waals surface area contributed by atoms with Crippen LogP contribution in [0.1, 0.15) is 5.56 Å². The number of nitrogens with two attached hydrogens (primary N) is 1. The molecule has 0 atom stereocenters. The molecule has 1 aromatic carbocycles. The van der Waals surface area contributed by atoms with E-state index in [1.807, 2.05) is 12.1 Å². The fourth-order valence-electron chi connectivity index (χ4n) is 2.38. The van der Waals surface area contributed by atoms with E-state index in [9.17, 15) is 4.79 Å². The SMILES string of the molecule is COc1cc(CNCCN2CCOCC2)ccc1OCC(N)=O. The summed E-state index contributed by atoms with van der Waals surface area (Å²) in [5, 5.41) is 3.42. The third kappa shape index (κ3) is 6.05. The van der Waals surface area contributed by atoms with E-state index in [1.165, 1.54) is 0 Å². The molecular formula is C16H25N3O4. The number of hydrogen-bond donors (Lipinski definition) is 2. The van der Waals surface area contributed by atoms with E-state index in [2.05, 4.69) is 10.2 Å². The number of hydrogen-bond acceptors (Lipinski definition) is 6. The highest BCUT2D eigenvalue weighted by molar-refractivity contribution is 5.75. The minimum Gasteiger partial charge on any atom is -0.493 e. The largest absolute Gasteiger partial charge is 0.493 e. The predicted molar refractivity (Wildman–Crippen MR) is 86.6 cm³/mol. The van der Waals surface area contributed by atoms with E-state index < -0.39 is 5.91 Å². The van der Waals surface area contributed by atoms with Crippen molar-refractivity contribution in [1.82, 2.24) is 10.2 Å². The average molecular weight is 323 g/mol. The number of amides is 1. The minimum atomic E-state index is -0.513. The van der Waals surface area contributed by atoms with Crippen LogP contribution in [-0.2, 0) is 16.1 Å². The summed E-state index contributed by atoms with van der Waals surface area (Å²) in [4.78, 5) is 13.2. The van der Waals surface area contributed by atoms with Crippen molar-refractivity contribution in [2.75, 3.05) is 53.1 Å². The van der Waals surface area contributed by atoms with E-state index in [0.29, 0.717) is 11.5 Å². The smallest absolute Gasteiger partial charge is 0.255 e. The van der Waals surface area contributed by atoms with Crippen LogP contribution in [0.5, 0.6) is 11.5 Å².